The van der Waals surface area contributed by atoms with Gasteiger partial charge < -0.3 is 24.2 Å². The molecule has 2 aliphatic heterocycles. The molecule has 2 fully saturated rings. The first kappa shape index (κ1) is 17.9. The number of carbonyl (C=O) groups excluding carboxylic acids is 1. The Hall–Kier alpha value is -2.90. The van der Waals surface area contributed by atoms with Crippen LogP contribution < -0.4 is 10.2 Å². The Labute approximate surface area is 173 Å². The molecule has 3 aromatic rings. The average Bonchev–Trinajstić information content (AvgIpc) is 3.41. The Balaban J connectivity index is 1.50. The van der Waals surface area contributed by atoms with Gasteiger partial charge in [-0.05, 0) is 13.0 Å². The van der Waals surface area contributed by atoms with Gasteiger partial charge >= 0.3 is 0 Å². The lowest BCUT2D eigenvalue weighted by Gasteiger charge is -2.39. The highest BCUT2D eigenvalue weighted by Crippen LogP contribution is 2.46. The molecule has 0 atom stereocenters. The van der Waals surface area contributed by atoms with E-state index in [-0.39, 0.29) is 5.78 Å². The van der Waals surface area contributed by atoms with Crippen LogP contribution >= 0.6 is 0 Å². The fourth-order valence-corrected chi connectivity index (χ4v) is 4.99. The van der Waals surface area contributed by atoms with Crippen LogP contribution in [-0.2, 0) is 9.47 Å². The molecule has 0 saturated carbocycles. The van der Waals surface area contributed by atoms with Crippen molar-refractivity contribution in [2.45, 2.75) is 25.6 Å². The van der Waals surface area contributed by atoms with E-state index in [0.29, 0.717) is 30.1 Å². The Morgan fingerprint density at radius 1 is 1.13 bits per heavy atom. The lowest BCUT2D eigenvalue weighted by atomic mass is 9.86. The summed E-state index contributed by atoms with van der Waals surface area (Å²) >= 11 is 0. The number of ketones is 1. The fourth-order valence-electron chi connectivity index (χ4n) is 4.99. The highest BCUT2D eigenvalue weighted by atomic mass is 16.7. The molecule has 0 unspecified atom stereocenters. The number of ether oxygens (including phenoxy) is 2. The lowest BCUT2D eigenvalue weighted by molar-refractivity contribution is -0.169. The highest BCUT2D eigenvalue weighted by molar-refractivity contribution is 6.28. The third-order valence-electron chi connectivity index (χ3n) is 6.43. The van der Waals surface area contributed by atoms with E-state index in [9.17, 15) is 4.79 Å². The molecule has 6 rings (SSSR count). The summed E-state index contributed by atoms with van der Waals surface area (Å²) in [5.41, 5.74) is 4.68. The maximum absolute atomic E-state index is 13.4. The van der Waals surface area contributed by atoms with E-state index in [2.05, 4.69) is 15.4 Å². The summed E-state index contributed by atoms with van der Waals surface area (Å²) in [5.74, 6) is 0.251. The molecule has 1 aliphatic carbocycles. The predicted molar refractivity (Wildman–Crippen MR) is 113 cm³/mol. The number of piperidine rings is 1. The molecule has 154 valence electrons. The lowest BCUT2D eigenvalue weighted by Crippen LogP contribution is -2.45. The maximum Gasteiger partial charge on any atom is 0.196 e. The molecular formula is C23H23N3O4. The first-order valence-electron chi connectivity index (χ1n) is 10.6. The van der Waals surface area contributed by atoms with Gasteiger partial charge in [-0.3, -0.25) is 4.79 Å². The van der Waals surface area contributed by atoms with E-state index < -0.39 is 5.79 Å². The number of aromatic nitrogens is 1. The van der Waals surface area contributed by atoms with Gasteiger partial charge in [0.05, 0.1) is 29.9 Å². The normalized spacial score (nSPS) is 19.5. The van der Waals surface area contributed by atoms with Gasteiger partial charge in [0.25, 0.3) is 0 Å². The van der Waals surface area contributed by atoms with E-state index in [0.717, 1.165) is 60.3 Å². The van der Waals surface area contributed by atoms with Crippen LogP contribution in [-0.4, -0.2) is 49.6 Å². The number of nitrogens with zero attached hydrogens (tertiary/aromatic N) is 2. The standard InChI is InChI=1S/C23H23N3O4/c1-2-24-16-13-17(26-9-7-23(8-10-26)28-11-12-29-23)20-19-18(16)21(27)14-5-3-4-6-15(14)22(19)30-25-20/h3-6,13,24H,2,7-12H2,1H3. The van der Waals surface area contributed by atoms with Crippen molar-refractivity contribution in [1.29, 1.82) is 0 Å². The molecule has 7 nitrogen and oxygen atoms in total. The van der Waals surface area contributed by atoms with E-state index in [1.807, 2.05) is 37.3 Å². The summed E-state index contributed by atoms with van der Waals surface area (Å²) in [7, 11) is 0. The Morgan fingerprint density at radius 3 is 2.60 bits per heavy atom. The highest BCUT2D eigenvalue weighted by Gasteiger charge is 2.41. The molecule has 0 amide bonds. The minimum absolute atomic E-state index is 0.0131. The molecule has 2 aromatic carbocycles. The minimum atomic E-state index is -0.435. The van der Waals surface area contributed by atoms with Crippen LogP contribution in [0.15, 0.2) is 34.9 Å². The van der Waals surface area contributed by atoms with Gasteiger partial charge in [-0.1, -0.05) is 29.4 Å². The van der Waals surface area contributed by atoms with Gasteiger partial charge in [-0.25, -0.2) is 0 Å². The summed E-state index contributed by atoms with van der Waals surface area (Å²) < 4.78 is 17.6. The molecular weight excluding hydrogens is 382 g/mol. The third-order valence-corrected chi connectivity index (χ3v) is 6.43. The molecule has 1 aromatic heterocycles. The van der Waals surface area contributed by atoms with E-state index in [4.69, 9.17) is 14.0 Å². The second-order valence-corrected chi connectivity index (χ2v) is 8.05. The largest absolute Gasteiger partial charge is 0.385 e. The third kappa shape index (κ3) is 2.45. The first-order chi connectivity index (χ1) is 14.7. The van der Waals surface area contributed by atoms with E-state index in [1.54, 1.807) is 0 Å². The zero-order valence-corrected chi connectivity index (χ0v) is 16.9. The van der Waals surface area contributed by atoms with Crippen LogP contribution in [0.25, 0.3) is 22.2 Å². The van der Waals surface area contributed by atoms with Gasteiger partial charge in [0.1, 0.15) is 5.52 Å². The number of fused-ring (bicyclic) bond motifs is 2. The summed E-state index contributed by atoms with van der Waals surface area (Å²) in [6, 6.07) is 9.63. The second-order valence-electron chi connectivity index (χ2n) is 8.05. The van der Waals surface area contributed by atoms with Crippen LogP contribution in [0.2, 0.25) is 0 Å². The van der Waals surface area contributed by atoms with Gasteiger partial charge in [0.15, 0.2) is 17.3 Å². The molecule has 2 saturated heterocycles. The minimum Gasteiger partial charge on any atom is -0.385 e. The number of benzene rings is 2. The van der Waals surface area contributed by atoms with Crippen molar-refractivity contribution in [3.63, 3.8) is 0 Å². The Kier molecular flexibility index (Phi) is 3.91. The van der Waals surface area contributed by atoms with E-state index in [1.165, 1.54) is 0 Å². The SMILES string of the molecule is CCNc1cc(N2CCC3(CC2)OCCO3)c2noc3c2c1C(=O)c1ccccc1-3. The maximum atomic E-state index is 13.4. The number of anilines is 2. The average molecular weight is 405 g/mol. The monoisotopic (exact) mass is 405 g/mol. The molecule has 1 spiro atoms. The molecule has 1 N–H and O–H groups in total. The van der Waals surface area contributed by atoms with Gasteiger partial charge in [-0.2, -0.15) is 0 Å². The van der Waals surface area contributed by atoms with Crippen molar-refractivity contribution in [1.82, 2.24) is 5.16 Å². The van der Waals surface area contributed by atoms with Crippen molar-refractivity contribution >= 4 is 28.1 Å². The Bertz CT molecular complexity index is 1150. The molecule has 0 radical (unpaired) electrons. The fraction of sp³-hybridized carbons (Fsp3) is 0.391. The number of hydrogen-bond donors (Lipinski definition) is 1. The molecule has 0 bridgehead atoms. The van der Waals surface area contributed by atoms with Crippen LogP contribution in [0.4, 0.5) is 11.4 Å². The van der Waals surface area contributed by atoms with Gasteiger partial charge in [-0.15, -0.1) is 0 Å². The van der Waals surface area contributed by atoms with Crippen LogP contribution in [0.3, 0.4) is 0 Å². The molecule has 3 aliphatic rings. The molecule has 30 heavy (non-hydrogen) atoms. The number of hydrogen-bond acceptors (Lipinski definition) is 7. The van der Waals surface area contributed by atoms with Crippen LogP contribution in [0.1, 0.15) is 35.7 Å². The zero-order valence-electron chi connectivity index (χ0n) is 16.9. The van der Waals surface area contributed by atoms with Crippen molar-refractivity contribution < 1.29 is 18.8 Å². The van der Waals surface area contributed by atoms with Crippen molar-refractivity contribution in [2.75, 3.05) is 43.1 Å². The topological polar surface area (TPSA) is 76.8 Å². The summed E-state index contributed by atoms with van der Waals surface area (Å²) in [5, 5.41) is 8.63. The Morgan fingerprint density at radius 2 is 1.87 bits per heavy atom. The van der Waals surface area contributed by atoms with E-state index >= 15 is 0 Å². The van der Waals surface area contributed by atoms with Crippen molar-refractivity contribution in [2.24, 2.45) is 0 Å². The molecule has 3 heterocycles. The van der Waals surface area contributed by atoms with Gasteiger partial charge in [0.2, 0.25) is 0 Å². The smallest absolute Gasteiger partial charge is 0.196 e. The quantitative estimate of drug-likeness (QED) is 0.555. The van der Waals surface area contributed by atoms with Crippen LogP contribution in [0, 0.1) is 0 Å². The number of nitrogens with one attached hydrogen (secondary N) is 1. The molecule has 7 heteroatoms. The predicted octanol–water partition coefficient (Wildman–Crippen LogP) is 3.81. The first-order valence-corrected chi connectivity index (χ1v) is 10.6. The van der Waals surface area contributed by atoms with Gasteiger partial charge in [0, 0.05) is 49.3 Å². The van der Waals surface area contributed by atoms with Crippen molar-refractivity contribution in [3.8, 4) is 11.3 Å². The summed E-state index contributed by atoms with van der Waals surface area (Å²) in [4.78, 5) is 15.7. The summed E-state index contributed by atoms with van der Waals surface area (Å²) in [6.07, 6.45) is 1.61. The number of rotatable bonds is 3. The van der Waals surface area contributed by atoms with Crippen LogP contribution in [0.5, 0.6) is 0 Å². The zero-order chi connectivity index (χ0) is 20.3. The number of carbonyl (C=O) groups is 1. The van der Waals surface area contributed by atoms with Crippen molar-refractivity contribution in [3.05, 3.63) is 41.5 Å². The second kappa shape index (κ2) is 6.55. The summed E-state index contributed by atoms with van der Waals surface area (Å²) in [6.45, 7) is 5.68.